The van der Waals surface area contributed by atoms with E-state index >= 15 is 0 Å². The Morgan fingerprint density at radius 3 is 1.42 bits per heavy atom. The molecule has 0 bridgehead atoms. The highest BCUT2D eigenvalue weighted by Crippen LogP contribution is 2.49. The second-order valence-electron chi connectivity index (χ2n) is 11.7. The molecule has 0 saturated carbocycles. The Kier molecular flexibility index (Phi) is 5.62. The topological polar surface area (TPSA) is 34.1 Å². The van der Waals surface area contributed by atoms with Crippen LogP contribution in [0.3, 0.4) is 0 Å². The summed E-state index contributed by atoms with van der Waals surface area (Å²) in [4.78, 5) is 0.735. The fraction of sp³-hybridized carbons (Fsp3) is 0. The molecule has 9 rings (SSSR count). The molecule has 1 aliphatic heterocycles. The second-order valence-corrected chi connectivity index (χ2v) is 13.5. The van der Waals surface area contributed by atoms with Crippen LogP contribution in [0.15, 0.2) is 168 Å². The molecular weight excluding hydrogens is 569 g/mol. The van der Waals surface area contributed by atoms with Crippen molar-refractivity contribution in [3.05, 3.63) is 158 Å². The summed E-state index contributed by atoms with van der Waals surface area (Å²) in [5.74, 6) is 0. The predicted molar refractivity (Wildman–Crippen MR) is 186 cm³/mol. The minimum atomic E-state index is -3.63. The van der Waals surface area contributed by atoms with E-state index in [1.54, 1.807) is 12.1 Å². The third kappa shape index (κ3) is 3.84. The minimum absolute atomic E-state index is 0.367. The summed E-state index contributed by atoms with van der Waals surface area (Å²) < 4.78 is 27.6. The van der Waals surface area contributed by atoms with E-state index < -0.39 is 9.84 Å². The van der Waals surface area contributed by atoms with Gasteiger partial charge in [0, 0.05) is 11.1 Å². The zero-order chi connectivity index (χ0) is 30.1. The highest BCUT2D eigenvalue weighted by molar-refractivity contribution is 7.92. The minimum Gasteiger partial charge on any atom is -0.218 e. The van der Waals surface area contributed by atoms with Gasteiger partial charge in [0.1, 0.15) is 0 Å². The molecule has 8 aromatic carbocycles. The fourth-order valence-electron chi connectivity index (χ4n) is 7.22. The Bertz CT molecular complexity index is 2540. The molecule has 45 heavy (non-hydrogen) atoms. The average molecular weight is 595 g/mol. The fourth-order valence-corrected chi connectivity index (χ4v) is 8.87. The number of sulfone groups is 1. The van der Waals surface area contributed by atoms with Gasteiger partial charge in [0.15, 0.2) is 0 Å². The second kappa shape index (κ2) is 9.75. The van der Waals surface area contributed by atoms with Crippen LogP contribution in [-0.4, -0.2) is 8.42 Å². The van der Waals surface area contributed by atoms with Gasteiger partial charge < -0.3 is 0 Å². The zero-order valence-electron chi connectivity index (χ0n) is 24.2. The lowest BCUT2D eigenvalue weighted by atomic mass is 9.85. The molecule has 2 nitrogen and oxygen atoms in total. The van der Waals surface area contributed by atoms with E-state index in [2.05, 4.69) is 115 Å². The summed E-state index contributed by atoms with van der Waals surface area (Å²) in [7, 11) is -3.63. The third-order valence-corrected chi connectivity index (χ3v) is 11.1. The van der Waals surface area contributed by atoms with Gasteiger partial charge in [0.25, 0.3) is 0 Å². The Labute approximate surface area is 261 Å². The van der Waals surface area contributed by atoms with Gasteiger partial charge in [0.2, 0.25) is 9.84 Å². The Morgan fingerprint density at radius 2 is 0.800 bits per heavy atom. The van der Waals surface area contributed by atoms with Crippen molar-refractivity contribution < 1.29 is 8.42 Å². The van der Waals surface area contributed by atoms with E-state index in [9.17, 15) is 8.42 Å². The molecule has 1 aliphatic rings. The van der Waals surface area contributed by atoms with E-state index in [1.165, 1.54) is 21.9 Å². The van der Waals surface area contributed by atoms with Gasteiger partial charge in [-0.05, 0) is 90.0 Å². The van der Waals surface area contributed by atoms with Crippen LogP contribution in [0.2, 0.25) is 0 Å². The highest BCUT2D eigenvalue weighted by atomic mass is 32.2. The number of hydrogen-bond acceptors (Lipinski definition) is 2. The first-order valence-electron chi connectivity index (χ1n) is 15.1. The van der Waals surface area contributed by atoms with Crippen molar-refractivity contribution in [1.29, 1.82) is 0 Å². The summed E-state index contributed by atoms with van der Waals surface area (Å²) in [5, 5.41) is 6.92. The van der Waals surface area contributed by atoms with Crippen LogP contribution in [0.25, 0.3) is 76.8 Å². The lowest BCUT2D eigenvalue weighted by Gasteiger charge is -2.18. The van der Waals surface area contributed by atoms with Crippen molar-refractivity contribution in [1.82, 2.24) is 0 Å². The molecule has 0 amide bonds. The van der Waals surface area contributed by atoms with Gasteiger partial charge in [-0.1, -0.05) is 133 Å². The number of benzene rings is 8. The lowest BCUT2D eigenvalue weighted by molar-refractivity contribution is 0.598. The maximum Gasteiger partial charge on any atom is 0.207 e. The van der Waals surface area contributed by atoms with Gasteiger partial charge in [-0.3, -0.25) is 0 Å². The molecule has 0 radical (unpaired) electrons. The van der Waals surface area contributed by atoms with Crippen molar-refractivity contribution in [3.63, 3.8) is 0 Å². The Balaban J connectivity index is 1.31. The molecular formula is C42H26O2S. The molecule has 0 fully saturated rings. The van der Waals surface area contributed by atoms with Crippen LogP contribution in [0.5, 0.6) is 0 Å². The smallest absolute Gasteiger partial charge is 0.207 e. The van der Waals surface area contributed by atoms with E-state index in [-0.39, 0.29) is 0 Å². The van der Waals surface area contributed by atoms with Crippen molar-refractivity contribution in [3.8, 4) is 44.5 Å². The quantitative estimate of drug-likeness (QED) is 0.191. The van der Waals surface area contributed by atoms with Gasteiger partial charge >= 0.3 is 0 Å². The van der Waals surface area contributed by atoms with Gasteiger partial charge in [-0.15, -0.1) is 0 Å². The highest BCUT2D eigenvalue weighted by Gasteiger charge is 2.33. The van der Waals surface area contributed by atoms with Gasteiger partial charge in [-0.2, -0.15) is 0 Å². The van der Waals surface area contributed by atoms with Gasteiger partial charge in [0.05, 0.1) is 9.79 Å². The molecule has 0 atom stereocenters. The maximum atomic E-state index is 13.8. The van der Waals surface area contributed by atoms with E-state index in [0.717, 1.165) is 54.9 Å². The molecule has 3 heteroatoms. The Hall–Kier alpha value is -5.51. The number of hydrogen-bond donors (Lipinski definition) is 0. The molecule has 0 aliphatic carbocycles. The summed E-state index contributed by atoms with van der Waals surface area (Å²) >= 11 is 0. The molecule has 0 saturated heterocycles. The van der Waals surface area contributed by atoms with Crippen LogP contribution in [0.1, 0.15) is 0 Å². The molecule has 0 aromatic heterocycles. The van der Waals surface area contributed by atoms with E-state index in [4.69, 9.17) is 0 Å². The van der Waals surface area contributed by atoms with Crippen molar-refractivity contribution in [2.24, 2.45) is 0 Å². The van der Waals surface area contributed by atoms with Crippen LogP contribution in [0, 0.1) is 0 Å². The summed E-state index contributed by atoms with van der Waals surface area (Å²) in [6, 6.07) is 53.8. The third-order valence-electron chi connectivity index (χ3n) is 9.21. The summed E-state index contributed by atoms with van der Waals surface area (Å²) in [6.45, 7) is 0. The van der Waals surface area contributed by atoms with Crippen molar-refractivity contribution >= 4 is 42.2 Å². The Morgan fingerprint density at radius 1 is 0.333 bits per heavy atom. The average Bonchev–Trinajstić information content (AvgIpc) is 3.32. The summed E-state index contributed by atoms with van der Waals surface area (Å²) in [5.41, 5.74) is 8.09. The predicted octanol–water partition coefficient (Wildman–Crippen LogP) is 11.0. The first-order chi connectivity index (χ1) is 22.1. The largest absolute Gasteiger partial charge is 0.218 e. The number of fused-ring (bicyclic) bond motifs is 6. The normalized spacial score (nSPS) is 13.2. The maximum absolute atomic E-state index is 13.8. The zero-order valence-corrected chi connectivity index (χ0v) is 25.1. The summed E-state index contributed by atoms with van der Waals surface area (Å²) in [6.07, 6.45) is 0. The van der Waals surface area contributed by atoms with Crippen LogP contribution >= 0.6 is 0 Å². The van der Waals surface area contributed by atoms with Gasteiger partial charge in [-0.25, -0.2) is 8.42 Å². The first kappa shape index (κ1) is 25.9. The first-order valence-corrected chi connectivity index (χ1v) is 16.6. The SMILES string of the molecule is O=S1(=O)c2ccc(-c3cccc4ccccc34)cc2-c2cc(-c3c4ccccc4c(-c4ccccc4)c4ccccc34)ccc21. The lowest BCUT2D eigenvalue weighted by Crippen LogP contribution is -1.96. The van der Waals surface area contributed by atoms with Crippen molar-refractivity contribution in [2.45, 2.75) is 9.79 Å². The van der Waals surface area contributed by atoms with Crippen molar-refractivity contribution in [2.75, 3.05) is 0 Å². The molecule has 1 heterocycles. The van der Waals surface area contributed by atoms with Crippen LogP contribution in [-0.2, 0) is 9.84 Å². The number of rotatable bonds is 3. The molecule has 212 valence electrons. The standard InChI is InChI=1S/C42H26O2S/c43-45(44)39-23-21-29(32-20-10-14-27-11-4-5-15-31(27)32)25-37(39)38-26-30(22-24-40(38)45)42-35-18-8-6-16-33(35)41(28-12-2-1-3-13-28)34-17-7-9-19-36(34)42/h1-26H. The molecule has 0 unspecified atom stereocenters. The van der Waals surface area contributed by atoms with Crippen LogP contribution < -0.4 is 0 Å². The molecule has 0 spiro atoms. The van der Waals surface area contributed by atoms with E-state index in [1.807, 2.05) is 30.3 Å². The van der Waals surface area contributed by atoms with Crippen LogP contribution in [0.4, 0.5) is 0 Å². The monoisotopic (exact) mass is 594 g/mol. The molecule has 0 N–H and O–H groups in total. The van der Waals surface area contributed by atoms with E-state index in [0.29, 0.717) is 9.79 Å². The molecule has 8 aromatic rings.